The lowest BCUT2D eigenvalue weighted by Gasteiger charge is -2.23. The number of rotatable bonds is 6. The van der Waals surface area contributed by atoms with Gasteiger partial charge in [0, 0.05) is 20.4 Å². The van der Waals surface area contributed by atoms with Crippen LogP contribution < -0.4 is 5.32 Å². The lowest BCUT2D eigenvalue weighted by molar-refractivity contribution is -0.109. The SMILES string of the molecule is COC(OC)C(C)Nc1c(C#N)cnn1-c1ncc(Cl)cc1Cl. The van der Waals surface area contributed by atoms with E-state index >= 15 is 0 Å². The number of ether oxygens (including phenoxy) is 2. The van der Waals surface area contributed by atoms with Crippen LogP contribution in [0.3, 0.4) is 0 Å². The quantitative estimate of drug-likeness (QED) is 0.801. The van der Waals surface area contributed by atoms with Crippen molar-refractivity contribution in [2.75, 3.05) is 19.5 Å². The molecule has 1 atom stereocenters. The Kier molecular flexibility index (Phi) is 5.80. The summed E-state index contributed by atoms with van der Waals surface area (Å²) in [6, 6.07) is 3.38. The van der Waals surface area contributed by atoms with E-state index in [1.165, 1.54) is 31.3 Å². The zero-order valence-corrected chi connectivity index (χ0v) is 14.3. The van der Waals surface area contributed by atoms with Crippen LogP contribution in [0.1, 0.15) is 12.5 Å². The Balaban J connectivity index is 2.43. The zero-order valence-electron chi connectivity index (χ0n) is 12.7. The van der Waals surface area contributed by atoms with Gasteiger partial charge in [0.25, 0.3) is 0 Å². The van der Waals surface area contributed by atoms with Crippen LogP contribution in [0.5, 0.6) is 0 Å². The summed E-state index contributed by atoms with van der Waals surface area (Å²) < 4.78 is 11.9. The predicted molar refractivity (Wildman–Crippen MR) is 87.0 cm³/mol. The van der Waals surface area contributed by atoms with Gasteiger partial charge in [-0.1, -0.05) is 23.2 Å². The Morgan fingerprint density at radius 3 is 2.57 bits per heavy atom. The minimum Gasteiger partial charge on any atom is -0.361 e. The number of halogens is 2. The van der Waals surface area contributed by atoms with Gasteiger partial charge < -0.3 is 14.8 Å². The van der Waals surface area contributed by atoms with Crippen LogP contribution in [0.25, 0.3) is 5.82 Å². The monoisotopic (exact) mass is 355 g/mol. The van der Waals surface area contributed by atoms with Gasteiger partial charge in [-0.3, -0.25) is 0 Å². The first-order valence-electron chi connectivity index (χ1n) is 6.63. The number of pyridine rings is 1. The molecule has 23 heavy (non-hydrogen) atoms. The number of aromatic nitrogens is 3. The Hall–Kier alpha value is -1.85. The molecule has 0 saturated heterocycles. The molecule has 0 amide bonds. The number of hydrogen-bond donors (Lipinski definition) is 1. The van der Waals surface area contributed by atoms with E-state index in [1.54, 1.807) is 6.07 Å². The highest BCUT2D eigenvalue weighted by atomic mass is 35.5. The highest BCUT2D eigenvalue weighted by molar-refractivity contribution is 6.35. The van der Waals surface area contributed by atoms with Gasteiger partial charge in [-0.2, -0.15) is 15.0 Å². The summed E-state index contributed by atoms with van der Waals surface area (Å²) in [5.41, 5.74) is 0.343. The van der Waals surface area contributed by atoms with Crippen LogP contribution in [-0.2, 0) is 9.47 Å². The van der Waals surface area contributed by atoms with Crippen LogP contribution in [0.4, 0.5) is 5.82 Å². The maximum Gasteiger partial charge on any atom is 0.176 e. The van der Waals surface area contributed by atoms with E-state index in [-0.39, 0.29) is 6.04 Å². The molecule has 0 fully saturated rings. The van der Waals surface area contributed by atoms with Crippen LogP contribution in [0.2, 0.25) is 10.0 Å². The lowest BCUT2D eigenvalue weighted by Crippen LogP contribution is -2.34. The number of nitriles is 1. The maximum absolute atomic E-state index is 9.28. The lowest BCUT2D eigenvalue weighted by atomic mass is 10.3. The molecule has 0 spiro atoms. The first kappa shape index (κ1) is 17.5. The average Bonchev–Trinajstić information content (AvgIpc) is 2.91. The van der Waals surface area contributed by atoms with Crippen molar-refractivity contribution in [3.8, 4) is 11.9 Å². The summed E-state index contributed by atoms with van der Waals surface area (Å²) in [5, 5.41) is 17.3. The molecule has 7 nitrogen and oxygen atoms in total. The number of nitrogens with zero attached hydrogens (tertiary/aromatic N) is 4. The van der Waals surface area contributed by atoms with Crippen molar-refractivity contribution >= 4 is 29.0 Å². The van der Waals surface area contributed by atoms with Gasteiger partial charge in [0.1, 0.15) is 17.5 Å². The van der Waals surface area contributed by atoms with Crippen molar-refractivity contribution in [1.29, 1.82) is 5.26 Å². The molecule has 2 heterocycles. The average molecular weight is 356 g/mol. The molecule has 0 aliphatic rings. The van der Waals surface area contributed by atoms with Crippen molar-refractivity contribution in [2.24, 2.45) is 0 Å². The topological polar surface area (TPSA) is 85.0 Å². The van der Waals surface area contributed by atoms with E-state index in [0.717, 1.165) is 0 Å². The molecule has 0 radical (unpaired) electrons. The Labute approximate surface area is 143 Å². The van der Waals surface area contributed by atoms with Gasteiger partial charge in [-0.25, -0.2) is 4.98 Å². The first-order chi connectivity index (χ1) is 11.0. The molecule has 1 N–H and O–H groups in total. The van der Waals surface area contributed by atoms with E-state index in [1.807, 2.05) is 6.92 Å². The molecule has 0 aliphatic heterocycles. The molecular formula is C14H15Cl2N5O2. The zero-order chi connectivity index (χ0) is 17.0. The van der Waals surface area contributed by atoms with Gasteiger partial charge in [0.2, 0.25) is 0 Å². The van der Waals surface area contributed by atoms with Crippen LogP contribution in [-0.4, -0.2) is 41.3 Å². The van der Waals surface area contributed by atoms with Crippen LogP contribution in [0, 0.1) is 11.3 Å². The third-order valence-corrected chi connectivity index (χ3v) is 3.60. The van der Waals surface area contributed by atoms with Gasteiger partial charge in [0.15, 0.2) is 12.1 Å². The second kappa shape index (κ2) is 7.62. The van der Waals surface area contributed by atoms with Crippen molar-refractivity contribution in [2.45, 2.75) is 19.3 Å². The van der Waals surface area contributed by atoms with Crippen LogP contribution in [0.15, 0.2) is 18.5 Å². The summed E-state index contributed by atoms with van der Waals surface area (Å²) in [5.74, 6) is 0.800. The molecule has 2 aromatic rings. The number of hydrogen-bond acceptors (Lipinski definition) is 6. The third-order valence-electron chi connectivity index (χ3n) is 3.12. The standard InChI is InChI=1S/C14H15Cl2N5O2/c1-8(14(22-2)23-3)20-12-9(5-17)6-19-21(12)13-11(16)4-10(15)7-18-13/h4,6-8,14,20H,1-3H3. The molecular weight excluding hydrogens is 341 g/mol. The Morgan fingerprint density at radius 2 is 2.00 bits per heavy atom. The first-order valence-corrected chi connectivity index (χ1v) is 7.39. The van der Waals surface area contributed by atoms with Gasteiger partial charge in [-0.05, 0) is 13.0 Å². The normalized spacial score (nSPS) is 12.2. The van der Waals surface area contributed by atoms with Crippen molar-refractivity contribution in [3.63, 3.8) is 0 Å². The smallest absolute Gasteiger partial charge is 0.176 e. The third kappa shape index (κ3) is 3.74. The van der Waals surface area contributed by atoms with E-state index in [0.29, 0.717) is 27.2 Å². The number of nitrogens with one attached hydrogen (secondary N) is 1. The van der Waals surface area contributed by atoms with E-state index in [4.69, 9.17) is 32.7 Å². The second-order valence-corrected chi connectivity index (χ2v) is 5.51. The molecule has 9 heteroatoms. The van der Waals surface area contributed by atoms with Gasteiger partial charge >= 0.3 is 0 Å². The summed E-state index contributed by atoms with van der Waals surface area (Å²) in [6.45, 7) is 1.85. The molecule has 1 unspecified atom stereocenters. The number of methoxy groups -OCH3 is 2. The molecule has 0 saturated carbocycles. The predicted octanol–water partition coefficient (Wildman–Crippen LogP) is 2.87. The Bertz CT molecular complexity index is 724. The fourth-order valence-corrected chi connectivity index (χ4v) is 2.54. The molecule has 0 bridgehead atoms. The highest BCUT2D eigenvalue weighted by Crippen LogP contribution is 2.26. The minimum atomic E-state index is -0.501. The van der Waals surface area contributed by atoms with E-state index < -0.39 is 6.29 Å². The fourth-order valence-electron chi connectivity index (χ4n) is 2.08. The van der Waals surface area contributed by atoms with Crippen molar-refractivity contribution in [1.82, 2.24) is 14.8 Å². The Morgan fingerprint density at radius 1 is 1.30 bits per heavy atom. The summed E-state index contributed by atoms with van der Waals surface area (Å²) in [4.78, 5) is 4.17. The molecule has 0 aliphatic carbocycles. The van der Waals surface area contributed by atoms with E-state index in [2.05, 4.69) is 21.5 Å². The van der Waals surface area contributed by atoms with Gasteiger partial charge in [-0.15, -0.1) is 0 Å². The number of anilines is 1. The molecule has 2 rings (SSSR count). The largest absolute Gasteiger partial charge is 0.361 e. The summed E-state index contributed by atoms with van der Waals surface area (Å²) in [7, 11) is 3.07. The second-order valence-electron chi connectivity index (χ2n) is 4.66. The molecule has 0 aromatic carbocycles. The van der Waals surface area contributed by atoms with E-state index in [9.17, 15) is 5.26 Å². The molecule has 122 valence electrons. The highest BCUT2D eigenvalue weighted by Gasteiger charge is 2.21. The minimum absolute atomic E-state index is 0.251. The summed E-state index contributed by atoms with van der Waals surface area (Å²) in [6.07, 6.45) is 2.38. The van der Waals surface area contributed by atoms with Crippen molar-refractivity contribution < 1.29 is 9.47 Å². The molecule has 2 aromatic heterocycles. The fraction of sp³-hybridized carbons (Fsp3) is 0.357. The van der Waals surface area contributed by atoms with Crippen LogP contribution >= 0.6 is 23.2 Å². The van der Waals surface area contributed by atoms with Gasteiger partial charge in [0.05, 0.1) is 22.3 Å². The summed E-state index contributed by atoms with van der Waals surface area (Å²) >= 11 is 12.0. The van der Waals surface area contributed by atoms with Crippen molar-refractivity contribution in [3.05, 3.63) is 34.1 Å². The maximum atomic E-state index is 9.28.